The van der Waals surface area contributed by atoms with Crippen LogP contribution in [-0.2, 0) is 19.6 Å². The van der Waals surface area contributed by atoms with Crippen molar-refractivity contribution in [3.63, 3.8) is 0 Å². The molecule has 2 atom stereocenters. The number of carbonyl (C=O) groups excluding carboxylic acids is 1. The number of benzene rings is 1. The van der Waals surface area contributed by atoms with Crippen LogP contribution in [0.15, 0.2) is 23.1 Å². The number of hydrogen-bond acceptors (Lipinski definition) is 5. The van der Waals surface area contributed by atoms with Crippen LogP contribution in [0.4, 0.5) is 5.69 Å². The first-order chi connectivity index (χ1) is 14.9. The Morgan fingerprint density at radius 3 is 2.58 bits per heavy atom. The maximum absolute atomic E-state index is 13.1. The van der Waals surface area contributed by atoms with Crippen molar-refractivity contribution in [2.45, 2.75) is 68.4 Å². The van der Waals surface area contributed by atoms with Gasteiger partial charge in [0.25, 0.3) is 0 Å². The molecule has 1 aliphatic carbocycles. The Balaban J connectivity index is 1.45. The summed E-state index contributed by atoms with van der Waals surface area (Å²) in [5.41, 5.74) is 0.344. The Hall–Kier alpha value is -1.19. The molecule has 172 valence electrons. The monoisotopic (exact) mass is 469 g/mol. The maximum Gasteiger partial charge on any atom is 0.243 e. The van der Waals surface area contributed by atoms with E-state index in [1.165, 1.54) is 18.6 Å². The fraction of sp³-hybridized carbons (Fsp3) is 0.682. The van der Waals surface area contributed by atoms with Gasteiger partial charge in [-0.25, -0.2) is 8.42 Å². The zero-order valence-electron chi connectivity index (χ0n) is 17.9. The van der Waals surface area contributed by atoms with Crippen LogP contribution in [0.2, 0.25) is 5.02 Å². The number of fused-ring (bicyclic) bond motifs is 1. The number of anilines is 1. The highest BCUT2D eigenvalue weighted by atomic mass is 35.5. The van der Waals surface area contributed by atoms with E-state index in [9.17, 15) is 13.2 Å². The summed E-state index contributed by atoms with van der Waals surface area (Å²) in [6.07, 6.45) is 8.49. The average molecular weight is 470 g/mol. The van der Waals surface area contributed by atoms with Gasteiger partial charge >= 0.3 is 0 Å². The van der Waals surface area contributed by atoms with Gasteiger partial charge in [-0.05, 0) is 43.9 Å². The standard InChI is InChI=1S/C22H32ClN3O4S/c23-18-10-9-17(31(28,29)26-11-5-1-2-6-12-26)15-19(18)24-22(27)16-25-13-14-30-21-8-4-3-7-20(21)25/h9-10,15,20-21H,1-8,11-14,16H2,(H,24,27). The van der Waals surface area contributed by atoms with Gasteiger partial charge in [0, 0.05) is 25.7 Å². The topological polar surface area (TPSA) is 79.0 Å². The Morgan fingerprint density at radius 1 is 1.06 bits per heavy atom. The first-order valence-electron chi connectivity index (χ1n) is 11.4. The Morgan fingerprint density at radius 2 is 1.81 bits per heavy atom. The van der Waals surface area contributed by atoms with Gasteiger partial charge in [-0.2, -0.15) is 4.31 Å². The van der Waals surface area contributed by atoms with Gasteiger partial charge in [0.1, 0.15) is 0 Å². The van der Waals surface area contributed by atoms with Gasteiger partial charge in [-0.15, -0.1) is 0 Å². The summed E-state index contributed by atoms with van der Waals surface area (Å²) in [6.45, 7) is 2.69. The minimum Gasteiger partial charge on any atom is -0.375 e. The number of ether oxygens (including phenoxy) is 1. The van der Waals surface area contributed by atoms with Gasteiger partial charge < -0.3 is 10.1 Å². The van der Waals surface area contributed by atoms with E-state index in [0.717, 1.165) is 51.5 Å². The molecule has 1 aromatic rings. The second-order valence-corrected chi connectivity index (χ2v) is 11.1. The molecule has 2 saturated heterocycles. The van der Waals surface area contributed by atoms with Crippen LogP contribution in [-0.4, -0.2) is 68.5 Å². The molecule has 2 unspecified atom stereocenters. The van der Waals surface area contributed by atoms with E-state index < -0.39 is 10.0 Å². The Labute approximate surface area is 190 Å². The van der Waals surface area contributed by atoms with Crippen molar-refractivity contribution in [1.29, 1.82) is 0 Å². The predicted octanol–water partition coefficient (Wildman–Crippen LogP) is 3.49. The molecule has 31 heavy (non-hydrogen) atoms. The van der Waals surface area contributed by atoms with E-state index >= 15 is 0 Å². The van der Waals surface area contributed by atoms with Crippen LogP contribution in [0.3, 0.4) is 0 Å². The largest absolute Gasteiger partial charge is 0.375 e. The van der Waals surface area contributed by atoms with Gasteiger partial charge in [-0.1, -0.05) is 37.3 Å². The molecule has 0 aromatic heterocycles. The first kappa shape index (κ1) is 23.0. The molecule has 1 aromatic carbocycles. The van der Waals surface area contributed by atoms with Crippen LogP contribution in [0.25, 0.3) is 0 Å². The summed E-state index contributed by atoms with van der Waals surface area (Å²) in [4.78, 5) is 15.2. The molecule has 2 aliphatic heterocycles. The summed E-state index contributed by atoms with van der Waals surface area (Å²) in [5.74, 6) is -0.183. The number of hydrogen-bond donors (Lipinski definition) is 1. The minimum absolute atomic E-state index is 0.174. The summed E-state index contributed by atoms with van der Waals surface area (Å²) in [5, 5.41) is 3.18. The average Bonchev–Trinajstić information content (AvgIpc) is 3.06. The fourth-order valence-electron chi connectivity index (χ4n) is 4.94. The third-order valence-electron chi connectivity index (χ3n) is 6.61. The lowest BCUT2D eigenvalue weighted by Gasteiger charge is -2.43. The number of rotatable bonds is 5. The summed E-state index contributed by atoms with van der Waals surface area (Å²) in [7, 11) is -3.61. The number of morpholine rings is 1. The lowest BCUT2D eigenvalue weighted by Crippen LogP contribution is -2.54. The maximum atomic E-state index is 13.1. The fourth-order valence-corrected chi connectivity index (χ4v) is 6.65. The van der Waals surface area contributed by atoms with Crippen LogP contribution in [0, 0.1) is 0 Å². The summed E-state index contributed by atoms with van der Waals surface area (Å²) in [6, 6.07) is 4.84. The van der Waals surface area contributed by atoms with Crippen molar-refractivity contribution in [1.82, 2.24) is 9.21 Å². The van der Waals surface area contributed by atoms with E-state index in [-0.39, 0.29) is 29.5 Å². The quantitative estimate of drug-likeness (QED) is 0.714. The molecular weight excluding hydrogens is 438 g/mol. The SMILES string of the molecule is O=C(CN1CCOC2CCCCC21)Nc1cc(S(=O)(=O)N2CCCCCC2)ccc1Cl. The molecule has 0 radical (unpaired) electrons. The molecule has 1 N–H and O–H groups in total. The number of carbonyl (C=O) groups is 1. The molecule has 7 nitrogen and oxygen atoms in total. The van der Waals surface area contributed by atoms with E-state index in [1.54, 1.807) is 10.4 Å². The highest BCUT2D eigenvalue weighted by Gasteiger charge is 2.35. The number of halogens is 1. The highest BCUT2D eigenvalue weighted by Crippen LogP contribution is 2.30. The molecule has 1 amide bonds. The normalized spacial score (nSPS) is 26.1. The van der Waals surface area contributed by atoms with Gasteiger partial charge in [0.15, 0.2) is 0 Å². The van der Waals surface area contributed by atoms with Crippen molar-refractivity contribution < 1.29 is 17.9 Å². The highest BCUT2D eigenvalue weighted by molar-refractivity contribution is 7.89. The molecule has 3 aliphatic rings. The van der Waals surface area contributed by atoms with Crippen molar-refractivity contribution in [2.75, 3.05) is 38.1 Å². The van der Waals surface area contributed by atoms with E-state index in [1.807, 2.05) is 0 Å². The number of sulfonamides is 1. The van der Waals surface area contributed by atoms with Crippen LogP contribution in [0.1, 0.15) is 51.4 Å². The molecular formula is C22H32ClN3O4S. The van der Waals surface area contributed by atoms with Crippen LogP contribution < -0.4 is 5.32 Å². The molecule has 0 spiro atoms. The van der Waals surface area contributed by atoms with Crippen LogP contribution in [0.5, 0.6) is 0 Å². The zero-order valence-corrected chi connectivity index (χ0v) is 19.5. The van der Waals surface area contributed by atoms with Crippen LogP contribution >= 0.6 is 11.6 Å². The van der Waals surface area contributed by atoms with Gasteiger partial charge in [0.2, 0.25) is 15.9 Å². The second kappa shape index (κ2) is 10.2. The van der Waals surface area contributed by atoms with Gasteiger partial charge in [-0.3, -0.25) is 9.69 Å². The first-order valence-corrected chi connectivity index (χ1v) is 13.2. The molecule has 9 heteroatoms. The Kier molecular flexibility index (Phi) is 7.54. The third-order valence-corrected chi connectivity index (χ3v) is 8.83. The third kappa shape index (κ3) is 5.42. The zero-order chi connectivity index (χ0) is 21.8. The summed E-state index contributed by atoms with van der Waals surface area (Å²) >= 11 is 6.30. The molecule has 1 saturated carbocycles. The second-order valence-electron chi connectivity index (χ2n) is 8.74. The summed E-state index contributed by atoms with van der Waals surface area (Å²) < 4.78 is 33.7. The lowest BCUT2D eigenvalue weighted by atomic mass is 9.90. The molecule has 2 heterocycles. The minimum atomic E-state index is -3.61. The molecule has 0 bridgehead atoms. The van der Waals surface area contributed by atoms with Crippen molar-refractivity contribution in [3.8, 4) is 0 Å². The smallest absolute Gasteiger partial charge is 0.243 e. The Bertz CT molecular complexity index is 885. The van der Waals surface area contributed by atoms with E-state index in [2.05, 4.69) is 10.2 Å². The van der Waals surface area contributed by atoms with E-state index in [4.69, 9.17) is 16.3 Å². The van der Waals surface area contributed by atoms with Crippen molar-refractivity contribution in [3.05, 3.63) is 23.2 Å². The molecule has 3 fully saturated rings. The predicted molar refractivity (Wildman–Crippen MR) is 121 cm³/mol. The van der Waals surface area contributed by atoms with Crippen molar-refractivity contribution >= 4 is 33.2 Å². The number of nitrogens with one attached hydrogen (secondary N) is 1. The lowest BCUT2D eigenvalue weighted by molar-refractivity contribution is -0.124. The van der Waals surface area contributed by atoms with Crippen molar-refractivity contribution in [2.24, 2.45) is 0 Å². The van der Waals surface area contributed by atoms with E-state index in [0.29, 0.717) is 30.4 Å². The molecule has 4 rings (SSSR count). The van der Waals surface area contributed by atoms with Gasteiger partial charge in [0.05, 0.1) is 34.9 Å². The number of nitrogens with zero attached hydrogens (tertiary/aromatic N) is 2. The number of amides is 1.